The summed E-state index contributed by atoms with van der Waals surface area (Å²) in [6.07, 6.45) is 0. The topological polar surface area (TPSA) is 80.3 Å². The first kappa shape index (κ1) is 21.5. The molecule has 3 aromatic rings. The van der Waals surface area contributed by atoms with Crippen molar-refractivity contribution < 1.29 is 14.3 Å². The molecule has 3 rings (SSSR count). The number of thiazole rings is 1. The Morgan fingerprint density at radius 2 is 1.67 bits per heavy atom. The predicted molar refractivity (Wildman–Crippen MR) is 121 cm³/mol. The molecule has 2 N–H and O–H groups in total. The molecule has 156 valence electrons. The van der Waals surface area contributed by atoms with Crippen LogP contribution in [0.25, 0.3) is 11.3 Å². The van der Waals surface area contributed by atoms with Crippen LogP contribution in [0.15, 0.2) is 53.9 Å². The summed E-state index contributed by atoms with van der Waals surface area (Å²) in [5, 5.41) is 7.88. The third-order valence-electron chi connectivity index (χ3n) is 4.43. The van der Waals surface area contributed by atoms with Crippen molar-refractivity contribution in [3.8, 4) is 11.3 Å². The van der Waals surface area contributed by atoms with Crippen LogP contribution >= 0.6 is 11.3 Å². The van der Waals surface area contributed by atoms with Crippen LogP contribution in [0.5, 0.6) is 0 Å². The molecule has 30 heavy (non-hydrogen) atoms. The Bertz CT molecular complexity index is 1020. The Balaban J connectivity index is 1.60. The van der Waals surface area contributed by atoms with Gasteiger partial charge in [-0.05, 0) is 42.2 Å². The number of esters is 1. The maximum atomic E-state index is 12.3. The lowest BCUT2D eigenvalue weighted by molar-refractivity contribution is 0.0526. The summed E-state index contributed by atoms with van der Waals surface area (Å²) in [6.45, 7) is 8.60. The van der Waals surface area contributed by atoms with Gasteiger partial charge < -0.3 is 10.1 Å². The van der Waals surface area contributed by atoms with Gasteiger partial charge in [0.1, 0.15) is 0 Å². The number of ether oxygens (including phenoxy) is 1. The zero-order valence-corrected chi connectivity index (χ0v) is 18.3. The number of hydrogen-bond acceptors (Lipinski definition) is 5. The largest absolute Gasteiger partial charge is 0.462 e. The summed E-state index contributed by atoms with van der Waals surface area (Å²) < 4.78 is 4.94. The summed E-state index contributed by atoms with van der Waals surface area (Å²) >= 11 is 1.36. The van der Waals surface area contributed by atoms with Crippen LogP contribution in [0, 0.1) is 0 Å². The van der Waals surface area contributed by atoms with Crippen LogP contribution in [0.3, 0.4) is 0 Å². The van der Waals surface area contributed by atoms with Crippen molar-refractivity contribution in [3.05, 3.63) is 65.0 Å². The van der Waals surface area contributed by atoms with Gasteiger partial charge in [-0.15, -0.1) is 11.3 Å². The molecule has 0 bridgehead atoms. The highest BCUT2D eigenvalue weighted by Crippen LogP contribution is 2.28. The van der Waals surface area contributed by atoms with E-state index < -0.39 is 6.03 Å². The fourth-order valence-corrected chi connectivity index (χ4v) is 3.48. The van der Waals surface area contributed by atoms with Crippen LogP contribution in [-0.4, -0.2) is 23.6 Å². The Hall–Kier alpha value is -3.19. The van der Waals surface area contributed by atoms with E-state index in [1.807, 2.05) is 17.5 Å². The molecular formula is C23H25N3O3S. The number of urea groups is 1. The van der Waals surface area contributed by atoms with Crippen molar-refractivity contribution in [2.24, 2.45) is 0 Å². The standard InChI is InChI=1S/C23H25N3O3S/c1-5-29-20(27)16-8-12-18(13-9-16)24-21(28)26-22-25-19(14-30-22)15-6-10-17(11-7-15)23(2,3)4/h6-14H,5H2,1-4H3,(H2,24,25,26,28). The maximum Gasteiger partial charge on any atom is 0.338 e. The zero-order valence-electron chi connectivity index (χ0n) is 17.5. The lowest BCUT2D eigenvalue weighted by Gasteiger charge is -2.18. The summed E-state index contributed by atoms with van der Waals surface area (Å²) in [7, 11) is 0. The molecule has 2 amide bonds. The quantitative estimate of drug-likeness (QED) is 0.499. The first-order chi connectivity index (χ1) is 14.3. The van der Waals surface area contributed by atoms with Crippen molar-refractivity contribution in [2.75, 3.05) is 17.2 Å². The van der Waals surface area contributed by atoms with Gasteiger partial charge in [-0.1, -0.05) is 45.0 Å². The number of benzene rings is 2. The number of carbonyl (C=O) groups is 2. The van der Waals surface area contributed by atoms with Gasteiger partial charge in [0.05, 0.1) is 17.9 Å². The average Bonchev–Trinajstić information content (AvgIpc) is 3.16. The Labute approximate surface area is 180 Å². The molecule has 0 aliphatic carbocycles. The van der Waals surface area contributed by atoms with E-state index in [-0.39, 0.29) is 11.4 Å². The summed E-state index contributed by atoms with van der Waals surface area (Å²) in [5.74, 6) is -0.389. The average molecular weight is 424 g/mol. The smallest absolute Gasteiger partial charge is 0.338 e. The van der Waals surface area contributed by atoms with E-state index in [1.165, 1.54) is 16.9 Å². The van der Waals surface area contributed by atoms with E-state index in [0.29, 0.717) is 23.0 Å². The molecule has 0 fully saturated rings. The van der Waals surface area contributed by atoms with Crippen LogP contribution in [0.2, 0.25) is 0 Å². The lowest BCUT2D eigenvalue weighted by Crippen LogP contribution is -2.19. The van der Waals surface area contributed by atoms with Gasteiger partial charge in [0.25, 0.3) is 0 Å². The SMILES string of the molecule is CCOC(=O)c1ccc(NC(=O)Nc2nc(-c3ccc(C(C)(C)C)cc3)cs2)cc1. The number of anilines is 2. The highest BCUT2D eigenvalue weighted by molar-refractivity contribution is 7.14. The van der Waals surface area contributed by atoms with Crippen molar-refractivity contribution >= 4 is 34.2 Å². The molecule has 0 radical (unpaired) electrons. The molecule has 0 spiro atoms. The molecule has 0 unspecified atom stereocenters. The zero-order chi connectivity index (χ0) is 21.7. The fraction of sp³-hybridized carbons (Fsp3) is 0.261. The molecule has 1 heterocycles. The van der Waals surface area contributed by atoms with Crippen molar-refractivity contribution in [3.63, 3.8) is 0 Å². The summed E-state index contributed by atoms with van der Waals surface area (Å²) in [6, 6.07) is 14.4. The molecule has 2 aromatic carbocycles. The highest BCUT2D eigenvalue weighted by atomic mass is 32.1. The first-order valence-corrected chi connectivity index (χ1v) is 10.6. The van der Waals surface area contributed by atoms with Crippen LogP contribution < -0.4 is 10.6 Å². The minimum absolute atomic E-state index is 0.0971. The number of nitrogens with zero attached hydrogens (tertiary/aromatic N) is 1. The number of nitrogens with one attached hydrogen (secondary N) is 2. The van der Waals surface area contributed by atoms with Crippen LogP contribution in [-0.2, 0) is 10.2 Å². The third-order valence-corrected chi connectivity index (χ3v) is 5.18. The minimum Gasteiger partial charge on any atom is -0.462 e. The van der Waals surface area contributed by atoms with E-state index in [1.54, 1.807) is 31.2 Å². The molecule has 0 saturated carbocycles. The molecule has 0 aliphatic rings. The summed E-state index contributed by atoms with van der Waals surface area (Å²) in [4.78, 5) is 28.4. The first-order valence-electron chi connectivity index (χ1n) is 9.68. The molecule has 1 aromatic heterocycles. The molecule has 0 saturated heterocycles. The molecule has 0 aliphatic heterocycles. The second-order valence-electron chi connectivity index (χ2n) is 7.74. The van der Waals surface area contributed by atoms with Crippen LogP contribution in [0.4, 0.5) is 15.6 Å². The number of aromatic nitrogens is 1. The molecule has 7 heteroatoms. The minimum atomic E-state index is -0.400. The highest BCUT2D eigenvalue weighted by Gasteiger charge is 2.14. The van der Waals surface area contributed by atoms with E-state index in [4.69, 9.17) is 4.74 Å². The normalized spacial score (nSPS) is 11.1. The molecule has 0 atom stereocenters. The number of carbonyl (C=O) groups excluding carboxylic acids is 2. The fourth-order valence-electron chi connectivity index (χ4n) is 2.77. The van der Waals surface area contributed by atoms with E-state index in [0.717, 1.165) is 11.3 Å². The van der Waals surface area contributed by atoms with Gasteiger partial charge in [-0.25, -0.2) is 14.6 Å². The number of amides is 2. The van der Waals surface area contributed by atoms with Gasteiger partial charge in [-0.2, -0.15) is 0 Å². The maximum absolute atomic E-state index is 12.3. The second kappa shape index (κ2) is 9.09. The van der Waals surface area contributed by atoms with Gasteiger partial charge in [0, 0.05) is 16.6 Å². The number of rotatable bonds is 5. The Kier molecular flexibility index (Phi) is 6.52. The van der Waals surface area contributed by atoms with E-state index in [2.05, 4.69) is 48.5 Å². The summed E-state index contributed by atoms with van der Waals surface area (Å²) in [5.41, 5.74) is 4.17. The Morgan fingerprint density at radius 3 is 2.27 bits per heavy atom. The van der Waals surface area contributed by atoms with Crippen molar-refractivity contribution in [1.82, 2.24) is 4.98 Å². The molecular weight excluding hydrogens is 398 g/mol. The predicted octanol–water partition coefficient (Wildman–Crippen LogP) is 5.93. The molecule has 6 nitrogen and oxygen atoms in total. The van der Waals surface area contributed by atoms with Crippen molar-refractivity contribution in [1.29, 1.82) is 0 Å². The monoisotopic (exact) mass is 423 g/mol. The van der Waals surface area contributed by atoms with Crippen LogP contribution in [0.1, 0.15) is 43.6 Å². The third kappa shape index (κ3) is 5.45. The lowest BCUT2D eigenvalue weighted by atomic mass is 9.86. The van der Waals surface area contributed by atoms with Gasteiger partial charge in [0.15, 0.2) is 5.13 Å². The van der Waals surface area contributed by atoms with Gasteiger partial charge in [-0.3, -0.25) is 5.32 Å². The van der Waals surface area contributed by atoms with Gasteiger partial charge >= 0.3 is 12.0 Å². The van der Waals surface area contributed by atoms with E-state index >= 15 is 0 Å². The van der Waals surface area contributed by atoms with Crippen molar-refractivity contribution in [2.45, 2.75) is 33.1 Å². The number of hydrogen-bond donors (Lipinski definition) is 2. The van der Waals surface area contributed by atoms with Gasteiger partial charge in [0.2, 0.25) is 0 Å². The Morgan fingerprint density at radius 1 is 1.00 bits per heavy atom. The van der Waals surface area contributed by atoms with E-state index in [9.17, 15) is 9.59 Å². The second-order valence-corrected chi connectivity index (χ2v) is 8.60.